The summed E-state index contributed by atoms with van der Waals surface area (Å²) in [6.07, 6.45) is 0.916. The molecule has 136 valence electrons. The lowest BCUT2D eigenvalue weighted by Gasteiger charge is -2.28. The molecule has 5 heteroatoms. The van der Waals surface area contributed by atoms with Gasteiger partial charge in [0.25, 0.3) is 5.91 Å². The highest BCUT2D eigenvalue weighted by Crippen LogP contribution is 2.28. The lowest BCUT2D eigenvalue weighted by Crippen LogP contribution is -2.45. The van der Waals surface area contributed by atoms with Crippen LogP contribution in [0.3, 0.4) is 0 Å². The third kappa shape index (κ3) is 3.63. The lowest BCUT2D eigenvalue weighted by atomic mass is 10.1. The van der Waals surface area contributed by atoms with E-state index >= 15 is 0 Å². The summed E-state index contributed by atoms with van der Waals surface area (Å²) < 4.78 is 0. The van der Waals surface area contributed by atoms with Crippen LogP contribution in [-0.4, -0.2) is 43.4 Å². The Balaban J connectivity index is 1.65. The van der Waals surface area contributed by atoms with E-state index in [0.29, 0.717) is 12.1 Å². The van der Waals surface area contributed by atoms with E-state index in [1.165, 1.54) is 5.56 Å². The van der Waals surface area contributed by atoms with Crippen LogP contribution in [0.5, 0.6) is 0 Å². The van der Waals surface area contributed by atoms with Crippen LogP contribution in [0.2, 0.25) is 0 Å². The lowest BCUT2D eigenvalue weighted by molar-refractivity contribution is -0.122. The molecule has 0 bridgehead atoms. The third-order valence-electron chi connectivity index (χ3n) is 5.05. The van der Waals surface area contributed by atoms with Gasteiger partial charge in [-0.05, 0) is 49.7 Å². The van der Waals surface area contributed by atoms with E-state index in [2.05, 4.69) is 11.4 Å². The first-order valence-electron chi connectivity index (χ1n) is 8.92. The zero-order valence-electron chi connectivity index (χ0n) is 15.5. The summed E-state index contributed by atoms with van der Waals surface area (Å²) in [7, 11) is 3.57. The van der Waals surface area contributed by atoms with Crippen molar-refractivity contribution in [2.75, 3.05) is 25.5 Å². The van der Waals surface area contributed by atoms with E-state index in [9.17, 15) is 9.59 Å². The first-order valence-corrected chi connectivity index (χ1v) is 8.92. The Morgan fingerprint density at radius 2 is 1.85 bits per heavy atom. The smallest absolute Gasteiger partial charge is 0.251 e. The SMILES string of the molecule is CNC(=O)c1ccc(CN(C)[C@H](C)C(=O)N2CCc3ccccc32)cc1. The largest absolute Gasteiger partial charge is 0.355 e. The van der Waals surface area contributed by atoms with Gasteiger partial charge in [0.05, 0.1) is 6.04 Å². The van der Waals surface area contributed by atoms with Gasteiger partial charge >= 0.3 is 0 Å². The second kappa shape index (κ2) is 7.70. The highest BCUT2D eigenvalue weighted by atomic mass is 16.2. The van der Waals surface area contributed by atoms with Crippen LogP contribution in [0.1, 0.15) is 28.4 Å². The van der Waals surface area contributed by atoms with Gasteiger partial charge in [-0.3, -0.25) is 14.5 Å². The number of fused-ring (bicyclic) bond motifs is 1. The summed E-state index contributed by atoms with van der Waals surface area (Å²) in [4.78, 5) is 28.5. The Labute approximate surface area is 154 Å². The van der Waals surface area contributed by atoms with Crippen molar-refractivity contribution in [3.8, 4) is 0 Å². The quantitative estimate of drug-likeness (QED) is 0.900. The van der Waals surface area contributed by atoms with Gasteiger partial charge < -0.3 is 10.2 Å². The minimum Gasteiger partial charge on any atom is -0.355 e. The fourth-order valence-electron chi connectivity index (χ4n) is 3.31. The van der Waals surface area contributed by atoms with Crippen LogP contribution < -0.4 is 10.2 Å². The maximum atomic E-state index is 13.0. The number of nitrogens with zero attached hydrogens (tertiary/aromatic N) is 2. The van der Waals surface area contributed by atoms with E-state index in [0.717, 1.165) is 24.2 Å². The minimum absolute atomic E-state index is 0.0962. The topological polar surface area (TPSA) is 52.7 Å². The van der Waals surface area contributed by atoms with Crippen molar-refractivity contribution in [1.82, 2.24) is 10.2 Å². The number of likely N-dealkylation sites (N-methyl/N-ethyl adjacent to an activating group) is 1. The zero-order chi connectivity index (χ0) is 18.7. The van der Waals surface area contributed by atoms with Gasteiger partial charge in [0.2, 0.25) is 5.91 Å². The third-order valence-corrected chi connectivity index (χ3v) is 5.05. The van der Waals surface area contributed by atoms with Gasteiger partial charge in [-0.25, -0.2) is 0 Å². The van der Waals surface area contributed by atoms with Crippen molar-refractivity contribution in [2.45, 2.75) is 25.9 Å². The van der Waals surface area contributed by atoms with Crippen LogP contribution >= 0.6 is 0 Å². The molecule has 2 aromatic rings. The Kier molecular flexibility index (Phi) is 5.38. The molecule has 1 aliphatic heterocycles. The predicted molar refractivity (Wildman–Crippen MR) is 103 cm³/mol. The van der Waals surface area contributed by atoms with Crippen molar-refractivity contribution in [2.24, 2.45) is 0 Å². The first kappa shape index (κ1) is 18.1. The van der Waals surface area contributed by atoms with Crippen LogP contribution in [0.25, 0.3) is 0 Å². The Hall–Kier alpha value is -2.66. The number of anilines is 1. The fourth-order valence-corrected chi connectivity index (χ4v) is 3.31. The van der Waals surface area contributed by atoms with E-state index in [-0.39, 0.29) is 17.9 Å². The monoisotopic (exact) mass is 351 g/mol. The van der Waals surface area contributed by atoms with Crippen molar-refractivity contribution in [3.05, 3.63) is 65.2 Å². The van der Waals surface area contributed by atoms with E-state index in [1.807, 2.05) is 66.2 Å². The summed E-state index contributed by atoms with van der Waals surface area (Å²) in [5.41, 5.74) is 3.98. The van der Waals surface area contributed by atoms with Gasteiger partial charge in [-0.15, -0.1) is 0 Å². The number of benzene rings is 2. The van der Waals surface area contributed by atoms with Gasteiger partial charge in [0, 0.05) is 31.4 Å². The summed E-state index contributed by atoms with van der Waals surface area (Å²) >= 11 is 0. The van der Waals surface area contributed by atoms with Crippen molar-refractivity contribution in [3.63, 3.8) is 0 Å². The number of hydrogen-bond acceptors (Lipinski definition) is 3. The molecule has 0 unspecified atom stereocenters. The molecule has 0 fully saturated rings. The average molecular weight is 351 g/mol. The Morgan fingerprint density at radius 1 is 1.15 bits per heavy atom. The Morgan fingerprint density at radius 3 is 2.54 bits per heavy atom. The Bertz CT molecular complexity index is 801. The van der Waals surface area contributed by atoms with E-state index in [1.54, 1.807) is 7.05 Å². The molecule has 2 aromatic carbocycles. The van der Waals surface area contributed by atoms with Gasteiger partial charge in [0.1, 0.15) is 0 Å². The molecule has 0 aromatic heterocycles. The number of carbonyl (C=O) groups is 2. The van der Waals surface area contributed by atoms with Crippen LogP contribution in [-0.2, 0) is 17.8 Å². The van der Waals surface area contributed by atoms with Crippen LogP contribution in [0.15, 0.2) is 48.5 Å². The summed E-state index contributed by atoms with van der Waals surface area (Å²) in [6.45, 7) is 3.34. The molecule has 5 nitrogen and oxygen atoms in total. The molecule has 1 heterocycles. The van der Waals surface area contributed by atoms with Crippen molar-refractivity contribution < 1.29 is 9.59 Å². The predicted octanol–water partition coefficient (Wildman–Crippen LogP) is 2.46. The first-order chi connectivity index (χ1) is 12.5. The van der Waals surface area contributed by atoms with Gasteiger partial charge in [-0.1, -0.05) is 30.3 Å². The van der Waals surface area contributed by atoms with Crippen LogP contribution in [0, 0.1) is 0 Å². The number of para-hydroxylation sites is 1. The maximum Gasteiger partial charge on any atom is 0.251 e. The maximum absolute atomic E-state index is 13.0. The normalized spacial score (nSPS) is 14.2. The molecule has 0 aliphatic carbocycles. The molecule has 1 atom stereocenters. The number of amides is 2. The molecule has 0 radical (unpaired) electrons. The molecule has 3 rings (SSSR count). The van der Waals surface area contributed by atoms with Gasteiger partial charge in [-0.2, -0.15) is 0 Å². The van der Waals surface area contributed by atoms with Crippen molar-refractivity contribution in [1.29, 1.82) is 0 Å². The van der Waals surface area contributed by atoms with Gasteiger partial charge in [0.15, 0.2) is 0 Å². The average Bonchev–Trinajstić information content (AvgIpc) is 3.10. The number of rotatable bonds is 5. The van der Waals surface area contributed by atoms with E-state index in [4.69, 9.17) is 0 Å². The molecule has 2 amide bonds. The molecule has 26 heavy (non-hydrogen) atoms. The second-order valence-electron chi connectivity index (χ2n) is 6.74. The van der Waals surface area contributed by atoms with E-state index < -0.39 is 0 Å². The molecule has 1 aliphatic rings. The molecule has 0 saturated heterocycles. The van der Waals surface area contributed by atoms with Crippen molar-refractivity contribution >= 4 is 17.5 Å². The molecule has 0 spiro atoms. The molecule has 0 saturated carbocycles. The van der Waals surface area contributed by atoms with Crippen LogP contribution in [0.4, 0.5) is 5.69 Å². The zero-order valence-corrected chi connectivity index (χ0v) is 15.5. The fraction of sp³-hybridized carbons (Fsp3) is 0.333. The summed E-state index contributed by atoms with van der Waals surface area (Å²) in [5.74, 6) is 0.0283. The highest BCUT2D eigenvalue weighted by molar-refractivity contribution is 5.98. The summed E-state index contributed by atoms with van der Waals surface area (Å²) in [5, 5.41) is 2.61. The number of hydrogen-bond donors (Lipinski definition) is 1. The standard InChI is InChI=1S/C21H25N3O2/c1-15(21(26)24-13-12-17-6-4-5-7-19(17)24)23(3)14-16-8-10-18(11-9-16)20(25)22-2/h4-11,15H,12-14H2,1-3H3,(H,22,25)/t15-/m1/s1. The molecule has 1 N–H and O–H groups in total. The number of carbonyl (C=O) groups excluding carboxylic acids is 2. The molecular weight excluding hydrogens is 326 g/mol. The summed E-state index contributed by atoms with van der Waals surface area (Å²) in [6, 6.07) is 15.4. The highest BCUT2D eigenvalue weighted by Gasteiger charge is 2.29. The number of nitrogens with one attached hydrogen (secondary N) is 1. The minimum atomic E-state index is -0.222. The second-order valence-corrected chi connectivity index (χ2v) is 6.74. The molecular formula is C21H25N3O2.